The van der Waals surface area contributed by atoms with Gasteiger partial charge in [-0.05, 0) is 31.5 Å². The molecule has 1 atom stereocenters. The van der Waals surface area contributed by atoms with Crippen molar-refractivity contribution in [2.24, 2.45) is 4.99 Å². The number of guanidine groups is 1. The lowest BCUT2D eigenvalue weighted by molar-refractivity contribution is -0.127. The molecule has 1 saturated heterocycles. The summed E-state index contributed by atoms with van der Waals surface area (Å²) < 4.78 is 13.7. The number of benzene rings is 1. The molecule has 148 valence electrons. The van der Waals surface area contributed by atoms with Crippen molar-refractivity contribution in [3.05, 3.63) is 41.2 Å². The van der Waals surface area contributed by atoms with Gasteiger partial charge in [-0.3, -0.25) is 4.79 Å². The van der Waals surface area contributed by atoms with Gasteiger partial charge in [0.2, 0.25) is 5.91 Å². The van der Waals surface area contributed by atoms with Crippen molar-refractivity contribution in [1.82, 2.24) is 15.5 Å². The molecule has 1 aromatic rings. The van der Waals surface area contributed by atoms with E-state index in [1.807, 2.05) is 13.0 Å². The Morgan fingerprint density at radius 3 is 2.85 bits per heavy atom. The Hall–Kier alpha value is -2.28. The van der Waals surface area contributed by atoms with E-state index < -0.39 is 5.82 Å². The third-order valence-corrected chi connectivity index (χ3v) is 4.53. The molecule has 0 aromatic heterocycles. The Kier molecular flexibility index (Phi) is 7.47. The Balaban J connectivity index is 1.99. The highest BCUT2D eigenvalue weighted by Crippen LogP contribution is 2.25. The minimum absolute atomic E-state index is 0.0668. The number of anilines is 1. The molecular weight excluding hydrogens is 369 g/mol. The summed E-state index contributed by atoms with van der Waals surface area (Å²) in [4.78, 5) is 19.8. The molecule has 27 heavy (non-hydrogen) atoms. The maximum absolute atomic E-state index is 13.7. The third kappa shape index (κ3) is 6.43. The molecule has 1 amide bonds. The van der Waals surface area contributed by atoms with Gasteiger partial charge in [0.25, 0.3) is 0 Å². The van der Waals surface area contributed by atoms with Gasteiger partial charge in [0.1, 0.15) is 12.4 Å². The van der Waals surface area contributed by atoms with Crippen molar-refractivity contribution in [3.8, 4) is 0 Å². The smallest absolute Gasteiger partial charge is 0.243 e. The number of amides is 1. The maximum Gasteiger partial charge on any atom is 0.243 e. The first-order valence-corrected chi connectivity index (χ1v) is 9.23. The predicted octanol–water partition coefficient (Wildman–Crippen LogP) is 2.26. The van der Waals surface area contributed by atoms with Gasteiger partial charge in [0, 0.05) is 45.5 Å². The Labute approximate surface area is 165 Å². The molecule has 0 saturated carbocycles. The molecule has 0 bridgehead atoms. The lowest BCUT2D eigenvalue weighted by Crippen LogP contribution is -2.45. The van der Waals surface area contributed by atoms with E-state index >= 15 is 0 Å². The first-order valence-electron chi connectivity index (χ1n) is 8.85. The highest BCUT2D eigenvalue weighted by molar-refractivity contribution is 6.30. The number of rotatable bonds is 6. The van der Waals surface area contributed by atoms with Crippen molar-refractivity contribution < 1.29 is 9.18 Å². The minimum Gasteiger partial charge on any atom is -0.369 e. The number of hydrogen-bond donors (Lipinski definition) is 2. The fraction of sp³-hybridized carbons (Fsp3) is 0.474. The monoisotopic (exact) mass is 395 g/mol. The van der Waals surface area contributed by atoms with Gasteiger partial charge in [0.15, 0.2) is 5.96 Å². The number of nitrogens with one attached hydrogen (secondary N) is 2. The van der Waals surface area contributed by atoms with E-state index in [1.54, 1.807) is 20.2 Å². The van der Waals surface area contributed by atoms with Crippen LogP contribution in [0, 0.1) is 5.82 Å². The topological polar surface area (TPSA) is 60.0 Å². The molecule has 1 fully saturated rings. The van der Waals surface area contributed by atoms with Crippen molar-refractivity contribution >= 4 is 29.2 Å². The van der Waals surface area contributed by atoms with Gasteiger partial charge < -0.3 is 20.4 Å². The molecule has 0 aliphatic carbocycles. The highest BCUT2D eigenvalue weighted by Gasteiger charge is 2.24. The fourth-order valence-corrected chi connectivity index (χ4v) is 2.78. The van der Waals surface area contributed by atoms with E-state index in [0.717, 1.165) is 24.2 Å². The highest BCUT2D eigenvalue weighted by atomic mass is 35.5. The van der Waals surface area contributed by atoms with Crippen LogP contribution in [0.1, 0.15) is 13.3 Å². The summed E-state index contributed by atoms with van der Waals surface area (Å²) in [6.45, 7) is 7.93. The van der Waals surface area contributed by atoms with Crippen LogP contribution in [0.3, 0.4) is 0 Å². The lowest BCUT2D eigenvalue weighted by Gasteiger charge is -2.21. The zero-order valence-electron chi connectivity index (χ0n) is 16.1. The first kappa shape index (κ1) is 21.0. The zero-order valence-corrected chi connectivity index (χ0v) is 16.8. The number of carbonyl (C=O) groups is 1. The van der Waals surface area contributed by atoms with Crippen molar-refractivity contribution in [2.45, 2.75) is 19.4 Å². The quantitative estimate of drug-likeness (QED) is 0.440. The van der Waals surface area contributed by atoms with Gasteiger partial charge in [-0.1, -0.05) is 23.8 Å². The van der Waals surface area contributed by atoms with Crippen LogP contribution in [0.2, 0.25) is 5.02 Å². The number of nitrogens with zero attached hydrogens (tertiary/aromatic N) is 3. The molecule has 2 N–H and O–H groups in total. The van der Waals surface area contributed by atoms with Crippen LogP contribution in [0.25, 0.3) is 0 Å². The lowest BCUT2D eigenvalue weighted by atomic mass is 10.2. The summed E-state index contributed by atoms with van der Waals surface area (Å²) in [7, 11) is 3.40. The Morgan fingerprint density at radius 1 is 1.48 bits per heavy atom. The van der Waals surface area contributed by atoms with Gasteiger partial charge in [-0.25, -0.2) is 9.38 Å². The summed E-state index contributed by atoms with van der Waals surface area (Å²) in [5.74, 6) is 0.0802. The van der Waals surface area contributed by atoms with Crippen molar-refractivity contribution in [2.75, 3.05) is 45.2 Å². The second-order valence-electron chi connectivity index (χ2n) is 6.94. The molecule has 8 heteroatoms. The van der Waals surface area contributed by atoms with Gasteiger partial charge >= 0.3 is 0 Å². The fourth-order valence-electron chi connectivity index (χ4n) is 2.66. The molecule has 6 nitrogen and oxygen atoms in total. The van der Waals surface area contributed by atoms with Gasteiger partial charge in [0.05, 0.1) is 5.02 Å². The summed E-state index contributed by atoms with van der Waals surface area (Å²) in [6.07, 6.45) is 0.875. The van der Waals surface area contributed by atoms with E-state index in [9.17, 15) is 9.18 Å². The largest absolute Gasteiger partial charge is 0.369 e. The first-order chi connectivity index (χ1) is 12.8. The second kappa shape index (κ2) is 9.60. The van der Waals surface area contributed by atoms with E-state index in [1.165, 1.54) is 11.0 Å². The molecule has 0 radical (unpaired) electrons. The van der Waals surface area contributed by atoms with Crippen LogP contribution in [-0.2, 0) is 4.79 Å². The Bertz CT molecular complexity index is 722. The van der Waals surface area contributed by atoms with Crippen LogP contribution < -0.4 is 15.5 Å². The van der Waals surface area contributed by atoms with Crippen molar-refractivity contribution in [3.63, 3.8) is 0 Å². The van der Waals surface area contributed by atoms with Crippen LogP contribution in [0.15, 0.2) is 35.3 Å². The molecule has 1 heterocycles. The van der Waals surface area contributed by atoms with E-state index in [0.29, 0.717) is 19.0 Å². The molecule has 1 aromatic carbocycles. The van der Waals surface area contributed by atoms with E-state index in [-0.39, 0.29) is 23.5 Å². The third-order valence-electron chi connectivity index (χ3n) is 4.23. The van der Waals surface area contributed by atoms with Crippen LogP contribution >= 0.6 is 11.6 Å². The maximum atomic E-state index is 13.7. The van der Waals surface area contributed by atoms with Crippen molar-refractivity contribution in [1.29, 1.82) is 0 Å². The number of carbonyl (C=O) groups excluding carboxylic acids is 1. The number of likely N-dealkylation sites (N-methyl/N-ethyl adjacent to an activating group) is 1. The zero-order chi connectivity index (χ0) is 20.0. The molecule has 0 spiro atoms. The molecule has 2 rings (SSSR count). The predicted molar refractivity (Wildman–Crippen MR) is 109 cm³/mol. The molecule has 1 aliphatic rings. The van der Waals surface area contributed by atoms with E-state index in [4.69, 9.17) is 11.6 Å². The number of halogens is 2. The van der Waals surface area contributed by atoms with Crippen LogP contribution in [-0.4, -0.2) is 63.1 Å². The van der Waals surface area contributed by atoms with Crippen LogP contribution in [0.4, 0.5) is 10.1 Å². The van der Waals surface area contributed by atoms with Crippen LogP contribution in [0.5, 0.6) is 0 Å². The average molecular weight is 396 g/mol. The number of aliphatic imine (C=N–C) groups is 1. The standard InChI is InChI=1S/C19H27ClFN5O/c1-13(2)10-22-19(23-11-18(27)25(3)4)24-14-7-8-26(12-14)15-5-6-16(20)17(21)9-15/h5-6,9,14H,1,7-8,10-12H2,2-4H3,(H2,22,23,24). The normalized spacial score (nSPS) is 17.0. The summed E-state index contributed by atoms with van der Waals surface area (Å²) in [5.41, 5.74) is 1.77. The SMILES string of the molecule is C=C(C)CNC(=NCC(=O)N(C)C)NC1CCN(c2ccc(Cl)c(F)c2)C1. The molecular formula is C19H27ClFN5O. The van der Waals surface area contributed by atoms with Gasteiger partial charge in [-0.2, -0.15) is 0 Å². The van der Waals surface area contributed by atoms with E-state index in [2.05, 4.69) is 27.1 Å². The average Bonchev–Trinajstić information content (AvgIpc) is 3.07. The summed E-state index contributed by atoms with van der Waals surface area (Å²) in [6, 6.07) is 4.97. The summed E-state index contributed by atoms with van der Waals surface area (Å²) in [5, 5.41) is 6.66. The number of hydrogen-bond acceptors (Lipinski definition) is 3. The molecule has 1 unspecified atom stereocenters. The second-order valence-corrected chi connectivity index (χ2v) is 7.35. The molecule has 1 aliphatic heterocycles. The summed E-state index contributed by atoms with van der Waals surface area (Å²) >= 11 is 5.76. The Morgan fingerprint density at radius 2 is 2.22 bits per heavy atom. The minimum atomic E-state index is -0.418. The van der Waals surface area contributed by atoms with Gasteiger partial charge in [-0.15, -0.1) is 0 Å².